The number of Topliss-reactive ketones (excluding diaryl/α,β-unsaturated/α-hetero) is 1. The lowest BCUT2D eigenvalue weighted by atomic mass is 10.0. The van der Waals surface area contributed by atoms with Crippen molar-refractivity contribution in [2.45, 2.75) is 24.8 Å². The summed E-state index contributed by atoms with van der Waals surface area (Å²) in [5.74, 6) is -0.0795. The summed E-state index contributed by atoms with van der Waals surface area (Å²) >= 11 is 6.19. The third-order valence-electron chi connectivity index (χ3n) is 4.00. The van der Waals surface area contributed by atoms with Gasteiger partial charge in [0.05, 0.1) is 4.90 Å². The number of carbonyl (C=O) groups is 1. The van der Waals surface area contributed by atoms with E-state index in [2.05, 4.69) is 0 Å². The Hall–Kier alpha value is -1.69. The van der Waals surface area contributed by atoms with E-state index in [9.17, 15) is 13.2 Å². The maximum atomic E-state index is 12.9. The molecular weight excluding hydrogens is 334 g/mol. The molecule has 6 heteroatoms. The summed E-state index contributed by atoms with van der Waals surface area (Å²) in [6.07, 6.45) is 0.151. The third-order valence-corrected chi connectivity index (χ3v) is 6.21. The van der Waals surface area contributed by atoms with Crippen molar-refractivity contribution in [2.75, 3.05) is 6.54 Å². The van der Waals surface area contributed by atoms with Gasteiger partial charge in [-0.25, -0.2) is 8.42 Å². The van der Waals surface area contributed by atoms with E-state index in [1.807, 2.05) is 6.92 Å². The number of nitrogens with zero attached hydrogens (tertiary/aromatic N) is 1. The molecule has 0 fully saturated rings. The van der Waals surface area contributed by atoms with Gasteiger partial charge in [-0.2, -0.15) is 4.31 Å². The van der Waals surface area contributed by atoms with Gasteiger partial charge in [-0.05, 0) is 30.7 Å². The Bertz CT molecular complexity index is 860. The molecule has 2 aromatic rings. The minimum Gasteiger partial charge on any atom is -0.294 e. The van der Waals surface area contributed by atoms with Crippen molar-refractivity contribution in [1.82, 2.24) is 4.31 Å². The number of benzene rings is 2. The molecule has 0 saturated heterocycles. The SMILES string of the molecule is Cc1ccc(S(=O)(=O)N2CCC(=O)c3cccc(Cl)c3C2)cc1. The molecule has 0 N–H and O–H groups in total. The fourth-order valence-electron chi connectivity index (χ4n) is 2.66. The van der Waals surface area contributed by atoms with E-state index in [4.69, 9.17) is 11.6 Å². The van der Waals surface area contributed by atoms with E-state index >= 15 is 0 Å². The van der Waals surface area contributed by atoms with Crippen LogP contribution in [-0.4, -0.2) is 25.1 Å². The zero-order valence-electron chi connectivity index (χ0n) is 12.6. The number of hydrogen-bond acceptors (Lipinski definition) is 3. The van der Waals surface area contributed by atoms with E-state index in [-0.39, 0.29) is 30.2 Å². The van der Waals surface area contributed by atoms with Crippen LogP contribution >= 0.6 is 11.6 Å². The molecule has 0 spiro atoms. The second-order valence-corrected chi connectivity index (χ2v) is 7.94. The number of sulfonamides is 1. The first-order valence-electron chi connectivity index (χ1n) is 7.27. The van der Waals surface area contributed by atoms with E-state index in [0.29, 0.717) is 16.1 Å². The number of carbonyl (C=O) groups excluding carboxylic acids is 1. The highest BCUT2D eigenvalue weighted by Gasteiger charge is 2.30. The number of fused-ring (bicyclic) bond motifs is 1. The van der Waals surface area contributed by atoms with Crippen molar-refractivity contribution in [3.63, 3.8) is 0 Å². The highest BCUT2D eigenvalue weighted by Crippen LogP contribution is 2.29. The summed E-state index contributed by atoms with van der Waals surface area (Å²) in [7, 11) is -3.66. The molecule has 1 aliphatic rings. The van der Waals surface area contributed by atoms with E-state index in [0.717, 1.165) is 5.56 Å². The number of halogens is 1. The van der Waals surface area contributed by atoms with Crippen LogP contribution in [0.1, 0.15) is 27.9 Å². The summed E-state index contributed by atoms with van der Waals surface area (Å²) in [6, 6.07) is 11.8. The molecule has 0 saturated carbocycles. The van der Waals surface area contributed by atoms with Crippen molar-refractivity contribution in [2.24, 2.45) is 0 Å². The van der Waals surface area contributed by atoms with Crippen LogP contribution in [0.2, 0.25) is 5.02 Å². The van der Waals surface area contributed by atoms with Gasteiger partial charge in [0.15, 0.2) is 5.78 Å². The summed E-state index contributed by atoms with van der Waals surface area (Å²) in [5, 5.41) is 0.418. The van der Waals surface area contributed by atoms with Gasteiger partial charge in [0.2, 0.25) is 10.0 Å². The monoisotopic (exact) mass is 349 g/mol. The Morgan fingerprint density at radius 1 is 1.09 bits per heavy atom. The summed E-state index contributed by atoms with van der Waals surface area (Å²) in [6.45, 7) is 2.16. The van der Waals surface area contributed by atoms with Gasteiger partial charge < -0.3 is 0 Å². The van der Waals surface area contributed by atoms with E-state index in [1.165, 1.54) is 4.31 Å². The van der Waals surface area contributed by atoms with Crippen LogP contribution in [0.5, 0.6) is 0 Å². The Kier molecular flexibility index (Phi) is 4.27. The highest BCUT2D eigenvalue weighted by atomic mass is 35.5. The molecule has 1 heterocycles. The lowest BCUT2D eigenvalue weighted by Gasteiger charge is -2.20. The van der Waals surface area contributed by atoms with Crippen LogP contribution in [0.25, 0.3) is 0 Å². The largest absolute Gasteiger partial charge is 0.294 e. The summed E-state index contributed by atoms with van der Waals surface area (Å²) < 4.78 is 27.0. The number of hydrogen-bond donors (Lipinski definition) is 0. The second-order valence-electron chi connectivity index (χ2n) is 5.59. The average molecular weight is 350 g/mol. The van der Waals surface area contributed by atoms with Crippen LogP contribution < -0.4 is 0 Å². The zero-order chi connectivity index (χ0) is 16.6. The Morgan fingerprint density at radius 3 is 2.48 bits per heavy atom. The van der Waals surface area contributed by atoms with Gasteiger partial charge in [0.25, 0.3) is 0 Å². The molecule has 120 valence electrons. The summed E-state index contributed by atoms with van der Waals surface area (Å²) in [5.41, 5.74) is 2.08. The van der Waals surface area contributed by atoms with Crippen LogP contribution in [0.4, 0.5) is 0 Å². The van der Waals surface area contributed by atoms with E-state index < -0.39 is 10.0 Å². The third kappa shape index (κ3) is 3.04. The van der Waals surface area contributed by atoms with Gasteiger partial charge in [0, 0.05) is 30.1 Å². The molecule has 1 aliphatic heterocycles. The number of ketones is 1. The van der Waals surface area contributed by atoms with Gasteiger partial charge in [-0.3, -0.25) is 4.79 Å². The van der Waals surface area contributed by atoms with Crippen LogP contribution in [0.15, 0.2) is 47.4 Å². The molecule has 0 atom stereocenters. The average Bonchev–Trinajstić information content (AvgIpc) is 2.69. The molecule has 0 aromatic heterocycles. The number of rotatable bonds is 2. The molecular formula is C17H16ClNO3S. The van der Waals surface area contributed by atoms with E-state index in [1.54, 1.807) is 42.5 Å². The van der Waals surface area contributed by atoms with Crippen LogP contribution in [0, 0.1) is 6.92 Å². The zero-order valence-corrected chi connectivity index (χ0v) is 14.2. The van der Waals surface area contributed by atoms with Gasteiger partial charge in [0.1, 0.15) is 0 Å². The van der Waals surface area contributed by atoms with Gasteiger partial charge >= 0.3 is 0 Å². The van der Waals surface area contributed by atoms with Gasteiger partial charge in [-0.15, -0.1) is 0 Å². The molecule has 0 radical (unpaired) electrons. The van der Waals surface area contributed by atoms with Crippen molar-refractivity contribution in [3.05, 3.63) is 64.2 Å². The normalized spacial score (nSPS) is 16.0. The predicted octanol–water partition coefficient (Wildman–Crippen LogP) is 3.43. The summed E-state index contributed by atoms with van der Waals surface area (Å²) in [4.78, 5) is 12.5. The maximum absolute atomic E-state index is 12.9. The van der Waals surface area contributed by atoms with Crippen LogP contribution in [0.3, 0.4) is 0 Å². The van der Waals surface area contributed by atoms with Crippen molar-refractivity contribution < 1.29 is 13.2 Å². The topological polar surface area (TPSA) is 54.5 Å². The first kappa shape index (κ1) is 16.2. The first-order chi connectivity index (χ1) is 10.9. The van der Waals surface area contributed by atoms with Crippen molar-refractivity contribution in [3.8, 4) is 0 Å². The Morgan fingerprint density at radius 2 is 1.78 bits per heavy atom. The minimum atomic E-state index is -3.66. The maximum Gasteiger partial charge on any atom is 0.243 e. The molecule has 0 bridgehead atoms. The van der Waals surface area contributed by atoms with Gasteiger partial charge in [-0.1, -0.05) is 41.4 Å². The lowest BCUT2D eigenvalue weighted by molar-refractivity contribution is 0.0981. The van der Waals surface area contributed by atoms with Crippen molar-refractivity contribution >= 4 is 27.4 Å². The number of aryl methyl sites for hydroxylation is 1. The smallest absolute Gasteiger partial charge is 0.243 e. The lowest BCUT2D eigenvalue weighted by Crippen LogP contribution is -2.31. The fourth-order valence-corrected chi connectivity index (χ4v) is 4.30. The highest BCUT2D eigenvalue weighted by molar-refractivity contribution is 7.89. The molecule has 2 aromatic carbocycles. The molecule has 3 rings (SSSR count). The Balaban J connectivity index is 2.03. The fraction of sp³-hybridized carbons (Fsp3) is 0.235. The quantitative estimate of drug-likeness (QED) is 0.834. The van der Waals surface area contributed by atoms with Crippen LogP contribution in [-0.2, 0) is 16.6 Å². The molecule has 0 aliphatic carbocycles. The Labute approximate surface area is 140 Å². The minimum absolute atomic E-state index is 0.0795. The molecule has 0 amide bonds. The molecule has 0 unspecified atom stereocenters. The molecule has 23 heavy (non-hydrogen) atoms. The predicted molar refractivity (Wildman–Crippen MR) is 89.2 cm³/mol. The molecule has 4 nitrogen and oxygen atoms in total. The standard InChI is InChI=1S/C17H16ClNO3S/c1-12-5-7-13(8-6-12)23(21,22)19-10-9-17(20)14-3-2-4-16(18)15(14)11-19/h2-8H,9-11H2,1H3. The van der Waals surface area contributed by atoms with Crippen molar-refractivity contribution in [1.29, 1.82) is 0 Å². The second kappa shape index (κ2) is 6.07. The first-order valence-corrected chi connectivity index (χ1v) is 9.09.